The molecule has 0 saturated carbocycles. The van der Waals surface area contributed by atoms with Crippen LogP contribution in [0.15, 0.2) is 46.9 Å². The number of nitrogens with one attached hydrogen (secondary N) is 1. The van der Waals surface area contributed by atoms with E-state index in [4.69, 9.17) is 13.9 Å². The number of aryl methyl sites for hydroxylation is 1. The minimum atomic E-state index is -0.185. The summed E-state index contributed by atoms with van der Waals surface area (Å²) >= 11 is 0. The van der Waals surface area contributed by atoms with Crippen molar-refractivity contribution in [2.75, 3.05) is 18.5 Å². The van der Waals surface area contributed by atoms with Crippen LogP contribution in [0.4, 0.5) is 5.69 Å². The van der Waals surface area contributed by atoms with Crippen LogP contribution in [0.2, 0.25) is 0 Å². The van der Waals surface area contributed by atoms with E-state index in [2.05, 4.69) is 10.3 Å². The molecule has 1 atom stereocenters. The third-order valence-corrected chi connectivity index (χ3v) is 4.33. The highest BCUT2D eigenvalue weighted by Crippen LogP contribution is 2.21. The van der Waals surface area contributed by atoms with E-state index in [0.29, 0.717) is 29.3 Å². The van der Waals surface area contributed by atoms with Crippen LogP contribution in [0.5, 0.6) is 5.75 Å². The number of carbonyl (C=O) groups is 1. The molecule has 1 aromatic heterocycles. The van der Waals surface area contributed by atoms with Crippen LogP contribution in [-0.4, -0.2) is 30.2 Å². The number of fused-ring (bicyclic) bond motifs is 1. The molecule has 1 saturated heterocycles. The van der Waals surface area contributed by atoms with Gasteiger partial charge in [-0.05, 0) is 55.3 Å². The summed E-state index contributed by atoms with van der Waals surface area (Å²) in [6.07, 6.45) is 2.30. The Balaban J connectivity index is 1.38. The Bertz CT molecular complexity index is 911. The van der Waals surface area contributed by atoms with Gasteiger partial charge in [-0.1, -0.05) is 0 Å². The molecule has 1 amide bonds. The van der Waals surface area contributed by atoms with E-state index >= 15 is 0 Å². The van der Waals surface area contributed by atoms with Crippen LogP contribution in [0.3, 0.4) is 0 Å². The lowest BCUT2D eigenvalue weighted by Crippen LogP contribution is -2.16. The maximum absolute atomic E-state index is 12.4. The molecule has 0 radical (unpaired) electrons. The van der Waals surface area contributed by atoms with Crippen molar-refractivity contribution < 1.29 is 18.7 Å². The second-order valence-corrected chi connectivity index (χ2v) is 6.34. The zero-order valence-electron chi connectivity index (χ0n) is 14.5. The maximum Gasteiger partial charge on any atom is 0.255 e. The average molecular weight is 352 g/mol. The summed E-state index contributed by atoms with van der Waals surface area (Å²) in [5, 5.41) is 2.87. The molecule has 134 valence electrons. The van der Waals surface area contributed by atoms with Gasteiger partial charge in [-0.2, -0.15) is 0 Å². The largest absolute Gasteiger partial charge is 0.491 e. The van der Waals surface area contributed by atoms with Crippen molar-refractivity contribution in [3.05, 3.63) is 53.9 Å². The van der Waals surface area contributed by atoms with Crippen molar-refractivity contribution in [1.82, 2.24) is 4.98 Å². The molecule has 3 aromatic rings. The van der Waals surface area contributed by atoms with Gasteiger partial charge >= 0.3 is 0 Å². The van der Waals surface area contributed by atoms with Crippen LogP contribution in [0.25, 0.3) is 11.1 Å². The van der Waals surface area contributed by atoms with Crippen molar-refractivity contribution in [2.24, 2.45) is 0 Å². The highest BCUT2D eigenvalue weighted by Gasteiger charge is 2.16. The molecule has 0 aliphatic carbocycles. The fourth-order valence-corrected chi connectivity index (χ4v) is 2.99. The van der Waals surface area contributed by atoms with Crippen LogP contribution < -0.4 is 10.1 Å². The molecule has 0 spiro atoms. The molecule has 1 unspecified atom stereocenters. The molecule has 26 heavy (non-hydrogen) atoms. The third-order valence-electron chi connectivity index (χ3n) is 4.33. The Morgan fingerprint density at radius 1 is 1.27 bits per heavy atom. The summed E-state index contributed by atoms with van der Waals surface area (Å²) in [4.78, 5) is 16.7. The Morgan fingerprint density at radius 2 is 2.12 bits per heavy atom. The summed E-state index contributed by atoms with van der Waals surface area (Å²) in [6, 6.07) is 12.5. The van der Waals surface area contributed by atoms with Crippen molar-refractivity contribution in [2.45, 2.75) is 25.9 Å². The summed E-state index contributed by atoms with van der Waals surface area (Å²) in [5.41, 5.74) is 2.66. The van der Waals surface area contributed by atoms with Gasteiger partial charge in [0.25, 0.3) is 5.91 Å². The van der Waals surface area contributed by atoms with Gasteiger partial charge in [-0.15, -0.1) is 0 Å². The standard InChI is InChI=1S/C20H20N2O4/c1-13-21-18-11-15(6-9-19(18)26-13)22-20(23)14-4-7-16(8-5-14)25-12-17-3-2-10-24-17/h4-9,11,17H,2-3,10,12H2,1H3,(H,22,23). The van der Waals surface area contributed by atoms with Gasteiger partial charge in [0.05, 0.1) is 6.10 Å². The Labute approximate surface area is 151 Å². The SMILES string of the molecule is Cc1nc2cc(NC(=O)c3ccc(OCC4CCCO4)cc3)ccc2o1. The van der Waals surface area contributed by atoms with E-state index in [9.17, 15) is 4.79 Å². The number of rotatable bonds is 5. The van der Waals surface area contributed by atoms with E-state index in [0.717, 1.165) is 30.7 Å². The quantitative estimate of drug-likeness (QED) is 0.753. The van der Waals surface area contributed by atoms with Crippen LogP contribution in [-0.2, 0) is 4.74 Å². The second kappa shape index (κ2) is 7.17. The highest BCUT2D eigenvalue weighted by atomic mass is 16.5. The molecular formula is C20H20N2O4. The zero-order valence-corrected chi connectivity index (χ0v) is 14.5. The second-order valence-electron chi connectivity index (χ2n) is 6.34. The van der Waals surface area contributed by atoms with E-state index in [1.807, 2.05) is 0 Å². The van der Waals surface area contributed by atoms with E-state index in [1.54, 1.807) is 49.4 Å². The van der Waals surface area contributed by atoms with Gasteiger partial charge in [0, 0.05) is 24.8 Å². The van der Waals surface area contributed by atoms with E-state index in [1.165, 1.54) is 0 Å². The summed E-state index contributed by atoms with van der Waals surface area (Å²) in [5.74, 6) is 1.15. The number of ether oxygens (including phenoxy) is 2. The molecule has 1 aliphatic heterocycles. The van der Waals surface area contributed by atoms with Gasteiger partial charge in [0.1, 0.15) is 17.9 Å². The van der Waals surface area contributed by atoms with Gasteiger partial charge in [0.15, 0.2) is 11.5 Å². The molecule has 1 aliphatic rings. The fourth-order valence-electron chi connectivity index (χ4n) is 2.99. The smallest absolute Gasteiger partial charge is 0.255 e. The summed E-state index contributed by atoms with van der Waals surface area (Å²) in [6.45, 7) is 3.15. The first-order valence-electron chi connectivity index (χ1n) is 8.70. The molecule has 0 bridgehead atoms. The number of hydrogen-bond donors (Lipinski definition) is 1. The molecule has 1 N–H and O–H groups in total. The molecule has 6 heteroatoms. The Morgan fingerprint density at radius 3 is 2.88 bits per heavy atom. The van der Waals surface area contributed by atoms with Crippen LogP contribution >= 0.6 is 0 Å². The molecular weight excluding hydrogens is 332 g/mol. The fraction of sp³-hybridized carbons (Fsp3) is 0.300. The number of anilines is 1. The average Bonchev–Trinajstić information content (AvgIpc) is 3.28. The number of carbonyl (C=O) groups excluding carboxylic acids is 1. The number of amides is 1. The topological polar surface area (TPSA) is 73.6 Å². The van der Waals surface area contributed by atoms with Crippen molar-refractivity contribution >= 4 is 22.7 Å². The van der Waals surface area contributed by atoms with Crippen LogP contribution in [0.1, 0.15) is 29.1 Å². The number of aromatic nitrogens is 1. The molecule has 6 nitrogen and oxygen atoms in total. The monoisotopic (exact) mass is 352 g/mol. The van der Waals surface area contributed by atoms with Gasteiger partial charge < -0.3 is 19.2 Å². The number of benzene rings is 2. The first-order chi connectivity index (χ1) is 12.7. The maximum atomic E-state index is 12.4. The predicted octanol–water partition coefficient (Wildman–Crippen LogP) is 3.95. The lowest BCUT2D eigenvalue weighted by molar-refractivity contribution is 0.0679. The molecule has 4 rings (SSSR count). The lowest BCUT2D eigenvalue weighted by Gasteiger charge is -2.11. The van der Waals surface area contributed by atoms with E-state index < -0.39 is 0 Å². The molecule has 2 heterocycles. The van der Waals surface area contributed by atoms with Gasteiger partial charge in [-0.25, -0.2) is 4.98 Å². The van der Waals surface area contributed by atoms with Crippen molar-refractivity contribution in [3.63, 3.8) is 0 Å². The normalized spacial score (nSPS) is 16.7. The minimum Gasteiger partial charge on any atom is -0.491 e. The van der Waals surface area contributed by atoms with Crippen LogP contribution in [0, 0.1) is 6.92 Å². The number of nitrogens with zero attached hydrogens (tertiary/aromatic N) is 1. The minimum absolute atomic E-state index is 0.174. The summed E-state index contributed by atoms with van der Waals surface area (Å²) < 4.78 is 16.7. The lowest BCUT2D eigenvalue weighted by atomic mass is 10.2. The third kappa shape index (κ3) is 3.70. The van der Waals surface area contributed by atoms with E-state index in [-0.39, 0.29) is 12.0 Å². The highest BCUT2D eigenvalue weighted by molar-refractivity contribution is 6.04. The molecule has 1 fully saturated rings. The summed E-state index contributed by atoms with van der Waals surface area (Å²) in [7, 11) is 0. The number of hydrogen-bond acceptors (Lipinski definition) is 5. The Hall–Kier alpha value is -2.86. The predicted molar refractivity (Wildman–Crippen MR) is 97.6 cm³/mol. The first kappa shape index (κ1) is 16.6. The van der Waals surface area contributed by atoms with Gasteiger partial charge in [0.2, 0.25) is 0 Å². The number of oxazole rings is 1. The molecule has 2 aromatic carbocycles. The first-order valence-corrected chi connectivity index (χ1v) is 8.70. The van der Waals surface area contributed by atoms with Crippen molar-refractivity contribution in [3.8, 4) is 5.75 Å². The Kier molecular flexibility index (Phi) is 4.58. The van der Waals surface area contributed by atoms with Gasteiger partial charge in [-0.3, -0.25) is 4.79 Å². The zero-order chi connectivity index (χ0) is 17.9. The van der Waals surface area contributed by atoms with Crippen molar-refractivity contribution in [1.29, 1.82) is 0 Å².